The molecule has 1 aliphatic carbocycles. The van der Waals surface area contributed by atoms with Gasteiger partial charge in [-0.05, 0) is 87.8 Å². The SMILES string of the molecule is CCN(C(=O)C1CCC(CNS(=O)(=O)c2cccc3nsnc23)CC1)c1ccc(C)c(C)c1. The Bertz CT molecular complexity index is 1250. The normalized spacial score (nSPS) is 19.0. The lowest BCUT2D eigenvalue weighted by molar-refractivity contribution is -0.123. The first-order valence-corrected chi connectivity index (χ1v) is 13.6. The van der Waals surface area contributed by atoms with E-state index in [1.807, 2.05) is 17.9 Å². The van der Waals surface area contributed by atoms with Gasteiger partial charge in [-0.3, -0.25) is 4.79 Å². The number of hydrogen-bond acceptors (Lipinski definition) is 6. The molecule has 176 valence electrons. The number of nitrogens with one attached hydrogen (secondary N) is 1. The summed E-state index contributed by atoms with van der Waals surface area (Å²) in [5, 5.41) is 0. The van der Waals surface area contributed by atoms with Crippen molar-refractivity contribution in [2.45, 2.75) is 51.3 Å². The fourth-order valence-corrected chi connectivity index (χ4v) is 6.38. The first kappa shape index (κ1) is 23.8. The maximum Gasteiger partial charge on any atom is 0.242 e. The number of sulfonamides is 1. The predicted molar refractivity (Wildman–Crippen MR) is 132 cm³/mol. The van der Waals surface area contributed by atoms with E-state index < -0.39 is 10.0 Å². The van der Waals surface area contributed by atoms with E-state index in [0.29, 0.717) is 24.1 Å². The average Bonchev–Trinajstić information content (AvgIpc) is 3.30. The molecule has 0 radical (unpaired) electrons. The van der Waals surface area contributed by atoms with Gasteiger partial charge in [0.15, 0.2) is 0 Å². The van der Waals surface area contributed by atoms with Crippen molar-refractivity contribution in [1.29, 1.82) is 0 Å². The molecule has 2 aromatic carbocycles. The zero-order chi connectivity index (χ0) is 23.6. The van der Waals surface area contributed by atoms with Crippen molar-refractivity contribution in [3.63, 3.8) is 0 Å². The standard InChI is InChI=1S/C24H30N4O3S2/c1-4-28(20-13-8-16(2)17(3)14-20)24(29)19-11-9-18(10-12-19)15-25-33(30,31)22-7-5-6-21-23(22)27-32-26-21/h5-8,13-14,18-19,25H,4,9-12,15H2,1-3H3. The van der Waals surface area contributed by atoms with Crippen LogP contribution in [0.25, 0.3) is 11.0 Å². The number of carbonyl (C=O) groups is 1. The molecular weight excluding hydrogens is 456 g/mol. The number of nitrogens with zero attached hydrogens (tertiary/aromatic N) is 3. The van der Waals surface area contributed by atoms with Gasteiger partial charge >= 0.3 is 0 Å². The molecule has 7 nitrogen and oxygen atoms in total. The van der Waals surface area contributed by atoms with Gasteiger partial charge in [-0.25, -0.2) is 13.1 Å². The van der Waals surface area contributed by atoms with Crippen LogP contribution < -0.4 is 9.62 Å². The second-order valence-electron chi connectivity index (χ2n) is 8.81. The molecule has 0 bridgehead atoms. The van der Waals surface area contributed by atoms with Crippen molar-refractivity contribution in [1.82, 2.24) is 13.5 Å². The molecule has 9 heteroatoms. The van der Waals surface area contributed by atoms with Gasteiger partial charge in [0.25, 0.3) is 0 Å². The zero-order valence-electron chi connectivity index (χ0n) is 19.2. The van der Waals surface area contributed by atoms with E-state index in [4.69, 9.17) is 0 Å². The number of aryl methyl sites for hydroxylation is 2. The number of carbonyl (C=O) groups excluding carboxylic acids is 1. The maximum atomic E-state index is 13.2. The van der Waals surface area contributed by atoms with Crippen LogP contribution in [0.1, 0.15) is 43.7 Å². The van der Waals surface area contributed by atoms with Crippen LogP contribution in [0.15, 0.2) is 41.3 Å². The Kier molecular flexibility index (Phi) is 7.11. The molecule has 1 saturated carbocycles. The lowest BCUT2D eigenvalue weighted by Crippen LogP contribution is -2.39. The van der Waals surface area contributed by atoms with Gasteiger partial charge in [-0.2, -0.15) is 8.75 Å². The summed E-state index contributed by atoms with van der Waals surface area (Å²) in [5.41, 5.74) is 4.35. The number of anilines is 1. The van der Waals surface area contributed by atoms with Gasteiger partial charge in [0.1, 0.15) is 15.9 Å². The number of fused-ring (bicyclic) bond motifs is 1. The molecule has 1 amide bonds. The van der Waals surface area contributed by atoms with Crippen LogP contribution in [-0.2, 0) is 14.8 Å². The summed E-state index contributed by atoms with van der Waals surface area (Å²) < 4.78 is 36.7. The van der Waals surface area contributed by atoms with Crippen molar-refractivity contribution in [2.75, 3.05) is 18.0 Å². The molecule has 33 heavy (non-hydrogen) atoms. The fraction of sp³-hybridized carbons (Fsp3) is 0.458. The lowest BCUT2D eigenvalue weighted by atomic mass is 9.81. The van der Waals surface area contributed by atoms with E-state index in [2.05, 4.69) is 39.4 Å². The minimum absolute atomic E-state index is 0.0192. The van der Waals surface area contributed by atoms with Crippen molar-refractivity contribution in [3.8, 4) is 0 Å². The molecule has 4 rings (SSSR count). The lowest BCUT2D eigenvalue weighted by Gasteiger charge is -2.32. The molecule has 0 unspecified atom stereocenters. The highest BCUT2D eigenvalue weighted by atomic mass is 32.2. The van der Waals surface area contributed by atoms with Crippen LogP contribution in [0.5, 0.6) is 0 Å². The monoisotopic (exact) mass is 486 g/mol. The van der Waals surface area contributed by atoms with Crippen LogP contribution >= 0.6 is 11.7 Å². The molecule has 0 spiro atoms. The van der Waals surface area contributed by atoms with Gasteiger partial charge < -0.3 is 4.90 Å². The number of aromatic nitrogens is 2. The maximum absolute atomic E-state index is 13.2. The van der Waals surface area contributed by atoms with Crippen molar-refractivity contribution in [2.24, 2.45) is 11.8 Å². The largest absolute Gasteiger partial charge is 0.312 e. The molecule has 3 aromatic rings. The first-order chi connectivity index (χ1) is 15.8. The highest BCUT2D eigenvalue weighted by Gasteiger charge is 2.30. The Morgan fingerprint density at radius 2 is 1.85 bits per heavy atom. The van der Waals surface area contributed by atoms with E-state index in [1.165, 1.54) is 11.1 Å². The number of benzene rings is 2. The van der Waals surface area contributed by atoms with Crippen LogP contribution in [0.2, 0.25) is 0 Å². The second kappa shape index (κ2) is 9.87. The van der Waals surface area contributed by atoms with Gasteiger partial charge in [0, 0.05) is 24.7 Å². The topological polar surface area (TPSA) is 92.3 Å². The Morgan fingerprint density at radius 3 is 2.55 bits per heavy atom. The molecule has 1 aliphatic rings. The molecule has 1 aromatic heterocycles. The zero-order valence-corrected chi connectivity index (χ0v) is 20.9. The molecule has 1 fully saturated rings. The minimum Gasteiger partial charge on any atom is -0.312 e. The first-order valence-electron chi connectivity index (χ1n) is 11.4. The van der Waals surface area contributed by atoms with Crippen molar-refractivity contribution in [3.05, 3.63) is 47.5 Å². The number of rotatable bonds is 7. The van der Waals surface area contributed by atoms with Crippen LogP contribution in [-0.4, -0.2) is 36.2 Å². The third-order valence-electron chi connectivity index (χ3n) is 6.68. The minimum atomic E-state index is -3.67. The van der Waals surface area contributed by atoms with Crippen molar-refractivity contribution >= 4 is 44.4 Å². The Morgan fingerprint density at radius 1 is 1.09 bits per heavy atom. The fourth-order valence-electron chi connectivity index (χ4n) is 4.50. The highest BCUT2D eigenvalue weighted by Crippen LogP contribution is 2.32. The summed E-state index contributed by atoms with van der Waals surface area (Å²) >= 11 is 1.01. The van der Waals surface area contributed by atoms with Gasteiger partial charge in [-0.1, -0.05) is 12.1 Å². The molecule has 0 atom stereocenters. The smallest absolute Gasteiger partial charge is 0.242 e. The third-order valence-corrected chi connectivity index (χ3v) is 8.68. The van der Waals surface area contributed by atoms with E-state index in [9.17, 15) is 13.2 Å². The second-order valence-corrected chi connectivity index (χ2v) is 11.1. The molecule has 0 saturated heterocycles. The molecule has 0 aliphatic heterocycles. The highest BCUT2D eigenvalue weighted by molar-refractivity contribution is 7.89. The van der Waals surface area contributed by atoms with E-state index in [1.54, 1.807) is 18.2 Å². The van der Waals surface area contributed by atoms with Crippen LogP contribution in [0.4, 0.5) is 5.69 Å². The van der Waals surface area contributed by atoms with Crippen molar-refractivity contribution < 1.29 is 13.2 Å². The molecule has 1 N–H and O–H groups in total. The molecular formula is C24H30N4O3S2. The summed E-state index contributed by atoms with van der Waals surface area (Å²) in [4.78, 5) is 15.3. The van der Waals surface area contributed by atoms with Gasteiger partial charge in [-0.15, -0.1) is 0 Å². The summed E-state index contributed by atoms with van der Waals surface area (Å²) in [5.74, 6) is 0.366. The van der Waals surface area contributed by atoms with E-state index in [0.717, 1.165) is 43.1 Å². The third kappa shape index (κ3) is 5.10. The van der Waals surface area contributed by atoms with E-state index >= 15 is 0 Å². The average molecular weight is 487 g/mol. The summed E-state index contributed by atoms with van der Waals surface area (Å²) in [6, 6.07) is 11.2. The Labute approximate surface area is 199 Å². The predicted octanol–water partition coefficient (Wildman–Crippen LogP) is 4.45. The summed E-state index contributed by atoms with van der Waals surface area (Å²) in [6.45, 7) is 7.14. The Balaban J connectivity index is 1.35. The summed E-state index contributed by atoms with van der Waals surface area (Å²) in [7, 11) is -3.67. The quantitative estimate of drug-likeness (QED) is 0.533. The number of amides is 1. The van der Waals surface area contributed by atoms with Crippen LogP contribution in [0.3, 0.4) is 0 Å². The number of hydrogen-bond donors (Lipinski definition) is 1. The Hall–Kier alpha value is -2.36. The van der Waals surface area contributed by atoms with Gasteiger partial charge in [0.05, 0.1) is 11.7 Å². The molecule has 1 heterocycles. The van der Waals surface area contributed by atoms with Crippen LogP contribution in [0, 0.1) is 25.7 Å². The summed E-state index contributed by atoms with van der Waals surface area (Å²) in [6.07, 6.45) is 3.20. The van der Waals surface area contributed by atoms with E-state index in [-0.39, 0.29) is 22.6 Å². The van der Waals surface area contributed by atoms with Gasteiger partial charge in [0.2, 0.25) is 15.9 Å².